The predicted octanol–water partition coefficient (Wildman–Crippen LogP) is 1.83. The van der Waals surface area contributed by atoms with Crippen LogP contribution in [0.1, 0.15) is 26.1 Å². The van der Waals surface area contributed by atoms with Crippen molar-refractivity contribution < 1.29 is 9.53 Å². The molecule has 2 N–H and O–H groups in total. The Bertz CT molecular complexity index is 421. The van der Waals surface area contributed by atoms with Crippen molar-refractivity contribution in [3.05, 3.63) is 11.9 Å². The number of rotatable bonds is 7. The summed E-state index contributed by atoms with van der Waals surface area (Å²) in [5, 5.41) is 6.34. The third kappa shape index (κ3) is 6.03. The normalized spacial score (nSPS) is 10.4. The number of methoxy groups -OCH3 is 1. The Kier molecular flexibility index (Phi) is 6.05. The van der Waals surface area contributed by atoms with E-state index in [1.807, 2.05) is 13.0 Å². The first-order valence-electron chi connectivity index (χ1n) is 6.41. The average Bonchev–Trinajstić information content (AvgIpc) is 2.35. The van der Waals surface area contributed by atoms with E-state index in [1.54, 1.807) is 0 Å². The lowest BCUT2D eigenvalue weighted by Crippen LogP contribution is -2.13. The third-order valence-corrected chi connectivity index (χ3v) is 2.39. The maximum atomic E-state index is 11.0. The van der Waals surface area contributed by atoms with Gasteiger partial charge in [0.2, 0.25) is 0 Å². The number of hydrogen-bond acceptors (Lipinski definition) is 6. The van der Waals surface area contributed by atoms with E-state index in [1.165, 1.54) is 7.11 Å². The van der Waals surface area contributed by atoms with Crippen LogP contribution in [0.3, 0.4) is 0 Å². The Morgan fingerprint density at radius 1 is 1.32 bits per heavy atom. The van der Waals surface area contributed by atoms with Gasteiger partial charge >= 0.3 is 5.97 Å². The molecular weight excluding hydrogens is 244 g/mol. The van der Waals surface area contributed by atoms with Crippen LogP contribution in [0.5, 0.6) is 0 Å². The summed E-state index contributed by atoms with van der Waals surface area (Å²) in [6, 6.07) is 1.84. The monoisotopic (exact) mass is 266 g/mol. The topological polar surface area (TPSA) is 76.1 Å². The van der Waals surface area contributed by atoms with Crippen molar-refractivity contribution in [2.75, 3.05) is 30.8 Å². The zero-order valence-corrected chi connectivity index (χ0v) is 12.0. The number of aromatic nitrogens is 2. The van der Waals surface area contributed by atoms with Crippen molar-refractivity contribution in [3.63, 3.8) is 0 Å². The Labute approximate surface area is 114 Å². The second-order valence-electron chi connectivity index (χ2n) is 4.71. The van der Waals surface area contributed by atoms with Gasteiger partial charge in [-0.2, -0.15) is 0 Å². The van der Waals surface area contributed by atoms with E-state index in [0.29, 0.717) is 30.5 Å². The highest BCUT2D eigenvalue weighted by Crippen LogP contribution is 2.11. The van der Waals surface area contributed by atoms with Crippen molar-refractivity contribution in [2.24, 2.45) is 5.92 Å². The molecule has 0 unspecified atom stereocenters. The summed E-state index contributed by atoms with van der Waals surface area (Å²) in [7, 11) is 1.38. The second-order valence-corrected chi connectivity index (χ2v) is 4.71. The van der Waals surface area contributed by atoms with Crippen molar-refractivity contribution >= 4 is 17.6 Å². The van der Waals surface area contributed by atoms with E-state index in [0.717, 1.165) is 12.4 Å². The quantitative estimate of drug-likeness (QED) is 0.733. The molecule has 1 heterocycles. The Morgan fingerprint density at radius 2 is 1.95 bits per heavy atom. The van der Waals surface area contributed by atoms with Gasteiger partial charge in [0.15, 0.2) is 0 Å². The summed E-state index contributed by atoms with van der Waals surface area (Å²) in [6.45, 7) is 7.46. The Hall–Kier alpha value is -1.85. The lowest BCUT2D eigenvalue weighted by molar-refractivity contribution is -0.140. The minimum absolute atomic E-state index is 0.239. The summed E-state index contributed by atoms with van der Waals surface area (Å²) < 4.78 is 4.58. The van der Waals surface area contributed by atoms with Crippen molar-refractivity contribution in [2.45, 2.75) is 27.2 Å². The van der Waals surface area contributed by atoms with Crippen LogP contribution in [0.2, 0.25) is 0 Å². The molecule has 0 atom stereocenters. The van der Waals surface area contributed by atoms with Crippen LogP contribution in [0.25, 0.3) is 0 Å². The molecule has 0 spiro atoms. The highest BCUT2D eigenvalue weighted by Gasteiger charge is 2.04. The third-order valence-electron chi connectivity index (χ3n) is 2.39. The predicted molar refractivity (Wildman–Crippen MR) is 75.2 cm³/mol. The maximum absolute atomic E-state index is 11.0. The molecule has 0 amide bonds. The molecule has 19 heavy (non-hydrogen) atoms. The van der Waals surface area contributed by atoms with Crippen LogP contribution >= 0.6 is 0 Å². The number of ether oxygens (including phenoxy) is 1. The van der Waals surface area contributed by atoms with E-state index < -0.39 is 0 Å². The van der Waals surface area contributed by atoms with Crippen LogP contribution in [0.15, 0.2) is 6.07 Å². The highest BCUT2D eigenvalue weighted by molar-refractivity contribution is 5.69. The minimum Gasteiger partial charge on any atom is -0.469 e. The first-order chi connectivity index (χ1) is 9.01. The largest absolute Gasteiger partial charge is 0.469 e. The van der Waals surface area contributed by atoms with Crippen LogP contribution in [0.4, 0.5) is 11.6 Å². The van der Waals surface area contributed by atoms with Crippen LogP contribution in [0, 0.1) is 12.8 Å². The molecule has 1 aromatic rings. The molecular formula is C13H22N4O2. The van der Waals surface area contributed by atoms with Gasteiger partial charge in [-0.1, -0.05) is 13.8 Å². The van der Waals surface area contributed by atoms with Gasteiger partial charge in [-0.15, -0.1) is 0 Å². The van der Waals surface area contributed by atoms with Gasteiger partial charge in [0, 0.05) is 19.2 Å². The molecule has 1 aromatic heterocycles. The van der Waals surface area contributed by atoms with E-state index >= 15 is 0 Å². The summed E-state index contributed by atoms with van der Waals surface area (Å²) >= 11 is 0. The SMILES string of the molecule is COC(=O)CCNc1cc(NCC(C)C)nc(C)n1. The molecule has 0 aliphatic carbocycles. The van der Waals surface area contributed by atoms with Crippen molar-refractivity contribution in [1.29, 1.82) is 0 Å². The van der Waals surface area contributed by atoms with Crippen LogP contribution in [-0.4, -0.2) is 36.1 Å². The number of carbonyl (C=O) groups excluding carboxylic acids is 1. The molecule has 0 saturated carbocycles. The van der Waals surface area contributed by atoms with E-state index in [4.69, 9.17) is 0 Å². The van der Waals surface area contributed by atoms with Gasteiger partial charge in [-0.05, 0) is 12.8 Å². The lowest BCUT2D eigenvalue weighted by atomic mass is 10.2. The molecule has 0 saturated heterocycles. The molecule has 6 nitrogen and oxygen atoms in total. The first-order valence-corrected chi connectivity index (χ1v) is 6.41. The minimum atomic E-state index is -0.239. The number of esters is 1. The molecule has 106 valence electrons. The molecule has 0 radical (unpaired) electrons. The van der Waals surface area contributed by atoms with Gasteiger partial charge < -0.3 is 15.4 Å². The van der Waals surface area contributed by atoms with Crippen LogP contribution < -0.4 is 10.6 Å². The summed E-state index contributed by atoms with van der Waals surface area (Å²) in [5.74, 6) is 2.50. The molecule has 0 bridgehead atoms. The lowest BCUT2D eigenvalue weighted by Gasteiger charge is -2.11. The highest BCUT2D eigenvalue weighted by atomic mass is 16.5. The first kappa shape index (κ1) is 15.2. The fourth-order valence-electron chi connectivity index (χ4n) is 1.45. The van der Waals surface area contributed by atoms with Gasteiger partial charge in [0.1, 0.15) is 17.5 Å². The number of hydrogen-bond donors (Lipinski definition) is 2. The number of aryl methyl sites for hydroxylation is 1. The fraction of sp³-hybridized carbons (Fsp3) is 0.615. The standard InChI is InChI=1S/C13H22N4O2/c1-9(2)8-15-12-7-11(16-10(3)17-12)14-6-5-13(18)19-4/h7,9H,5-6,8H2,1-4H3,(H2,14,15,16,17). The number of nitrogens with one attached hydrogen (secondary N) is 2. The summed E-state index contributed by atoms with van der Waals surface area (Å²) in [4.78, 5) is 19.6. The molecule has 0 aliphatic rings. The molecule has 0 aromatic carbocycles. The number of carbonyl (C=O) groups is 1. The zero-order valence-electron chi connectivity index (χ0n) is 12.0. The Morgan fingerprint density at radius 3 is 2.53 bits per heavy atom. The van der Waals surface area contributed by atoms with E-state index in [2.05, 4.69) is 39.2 Å². The van der Waals surface area contributed by atoms with Crippen LogP contribution in [-0.2, 0) is 9.53 Å². The maximum Gasteiger partial charge on any atom is 0.307 e. The average molecular weight is 266 g/mol. The van der Waals surface area contributed by atoms with E-state index in [-0.39, 0.29) is 5.97 Å². The van der Waals surface area contributed by atoms with E-state index in [9.17, 15) is 4.79 Å². The zero-order chi connectivity index (χ0) is 14.3. The number of anilines is 2. The Balaban J connectivity index is 2.55. The second kappa shape index (κ2) is 7.56. The van der Waals surface area contributed by atoms with Gasteiger partial charge in [0.25, 0.3) is 0 Å². The number of nitrogens with zero attached hydrogens (tertiary/aromatic N) is 2. The summed E-state index contributed by atoms with van der Waals surface area (Å²) in [6.07, 6.45) is 0.314. The smallest absolute Gasteiger partial charge is 0.307 e. The molecule has 1 rings (SSSR count). The molecule has 6 heteroatoms. The van der Waals surface area contributed by atoms with Gasteiger partial charge in [0.05, 0.1) is 13.5 Å². The fourth-order valence-corrected chi connectivity index (χ4v) is 1.45. The van der Waals surface area contributed by atoms with Gasteiger partial charge in [-0.25, -0.2) is 9.97 Å². The summed E-state index contributed by atoms with van der Waals surface area (Å²) in [5.41, 5.74) is 0. The van der Waals surface area contributed by atoms with Gasteiger partial charge in [-0.3, -0.25) is 4.79 Å². The van der Waals surface area contributed by atoms with Crippen molar-refractivity contribution in [3.8, 4) is 0 Å². The van der Waals surface area contributed by atoms with Crippen molar-refractivity contribution in [1.82, 2.24) is 9.97 Å². The molecule has 0 fully saturated rings. The molecule has 0 aliphatic heterocycles.